The highest BCUT2D eigenvalue weighted by Crippen LogP contribution is 2.36. The van der Waals surface area contributed by atoms with Crippen LogP contribution in [0.5, 0.6) is 5.75 Å². The number of fused-ring (bicyclic) bond motifs is 2. The van der Waals surface area contributed by atoms with Gasteiger partial charge in [-0.2, -0.15) is 0 Å². The van der Waals surface area contributed by atoms with Crippen molar-refractivity contribution in [3.63, 3.8) is 0 Å². The Morgan fingerprint density at radius 3 is 2.80 bits per heavy atom. The fourth-order valence-corrected chi connectivity index (χ4v) is 2.51. The van der Waals surface area contributed by atoms with Gasteiger partial charge in [-0.25, -0.2) is 0 Å². The number of nitrogens with two attached hydrogens (primary N) is 1. The Balaban J connectivity index is 2.13. The fourth-order valence-electron chi connectivity index (χ4n) is 2.34. The zero-order chi connectivity index (χ0) is 14.4. The molecule has 0 saturated carbocycles. The van der Waals surface area contributed by atoms with Crippen LogP contribution in [0.25, 0.3) is 0 Å². The van der Waals surface area contributed by atoms with Crippen LogP contribution >= 0.6 is 11.6 Å². The number of amides is 2. The van der Waals surface area contributed by atoms with Crippen LogP contribution in [0, 0.1) is 5.92 Å². The lowest BCUT2D eigenvalue weighted by atomic mass is 9.83. The van der Waals surface area contributed by atoms with E-state index in [0.29, 0.717) is 5.02 Å². The van der Waals surface area contributed by atoms with Gasteiger partial charge in [0.1, 0.15) is 17.8 Å². The highest BCUT2D eigenvalue weighted by molar-refractivity contribution is 6.31. The van der Waals surface area contributed by atoms with Crippen LogP contribution in [0.2, 0.25) is 5.02 Å². The molecule has 2 atom stereocenters. The number of hydrogen-bond acceptors (Lipinski definition) is 4. The third kappa shape index (κ3) is 1.77. The second kappa shape index (κ2) is 4.35. The largest absolute Gasteiger partial charge is 0.483 e. The maximum atomic E-state index is 12.4. The number of benzene rings is 1. The molecule has 2 aliphatic rings. The average molecular weight is 293 g/mol. The molecule has 0 fully saturated rings. The van der Waals surface area contributed by atoms with Crippen LogP contribution in [-0.4, -0.2) is 23.7 Å². The fraction of sp³-hybridized carbons (Fsp3) is 0.154. The minimum Gasteiger partial charge on any atom is -0.483 e. The summed E-state index contributed by atoms with van der Waals surface area (Å²) < 4.78 is 5.60. The van der Waals surface area contributed by atoms with E-state index in [9.17, 15) is 14.4 Å². The van der Waals surface area contributed by atoms with Gasteiger partial charge < -0.3 is 15.8 Å². The van der Waals surface area contributed by atoms with E-state index in [2.05, 4.69) is 5.32 Å². The Labute approximate surface area is 118 Å². The number of primary amides is 1. The van der Waals surface area contributed by atoms with Crippen LogP contribution in [0.1, 0.15) is 10.4 Å². The van der Waals surface area contributed by atoms with Crippen molar-refractivity contribution in [2.24, 2.45) is 11.7 Å². The van der Waals surface area contributed by atoms with E-state index in [4.69, 9.17) is 22.1 Å². The second-order valence-electron chi connectivity index (χ2n) is 4.49. The molecule has 0 saturated heterocycles. The molecular weight excluding hydrogens is 284 g/mol. The van der Waals surface area contributed by atoms with Crippen LogP contribution in [0.4, 0.5) is 0 Å². The molecule has 2 unspecified atom stereocenters. The highest BCUT2D eigenvalue weighted by Gasteiger charge is 2.47. The molecule has 0 aromatic heterocycles. The Hall–Kier alpha value is -2.34. The van der Waals surface area contributed by atoms with Gasteiger partial charge in [0, 0.05) is 11.2 Å². The first-order valence-electron chi connectivity index (χ1n) is 5.79. The molecule has 3 rings (SSSR count). The molecule has 2 aliphatic heterocycles. The number of rotatable bonds is 1. The van der Waals surface area contributed by atoms with Crippen LogP contribution < -0.4 is 15.8 Å². The van der Waals surface area contributed by atoms with Crippen molar-refractivity contribution in [2.75, 3.05) is 0 Å². The molecule has 0 radical (unpaired) electrons. The minimum atomic E-state index is -1.13. The van der Waals surface area contributed by atoms with Gasteiger partial charge in [-0.1, -0.05) is 11.6 Å². The summed E-state index contributed by atoms with van der Waals surface area (Å²) in [5.41, 5.74) is 5.52. The summed E-state index contributed by atoms with van der Waals surface area (Å²) in [6.45, 7) is 0. The van der Waals surface area contributed by atoms with Crippen LogP contribution in [0.15, 0.2) is 30.0 Å². The number of hydrogen-bond donors (Lipinski definition) is 2. The number of carbonyl (C=O) groups is 3. The Morgan fingerprint density at radius 1 is 1.35 bits per heavy atom. The number of ketones is 1. The molecule has 0 bridgehead atoms. The van der Waals surface area contributed by atoms with E-state index in [-0.39, 0.29) is 16.9 Å². The van der Waals surface area contributed by atoms with Crippen molar-refractivity contribution in [1.82, 2.24) is 5.32 Å². The van der Waals surface area contributed by atoms with Gasteiger partial charge in [0.15, 0.2) is 5.78 Å². The van der Waals surface area contributed by atoms with Gasteiger partial charge in [-0.05, 0) is 18.2 Å². The second-order valence-corrected chi connectivity index (χ2v) is 4.93. The molecule has 102 valence electrons. The molecule has 0 spiro atoms. The normalized spacial score (nSPS) is 23.9. The molecule has 1 aromatic carbocycles. The van der Waals surface area contributed by atoms with Crippen molar-refractivity contribution >= 4 is 29.2 Å². The van der Waals surface area contributed by atoms with Crippen molar-refractivity contribution < 1.29 is 19.1 Å². The Kier molecular flexibility index (Phi) is 2.76. The van der Waals surface area contributed by atoms with Gasteiger partial charge >= 0.3 is 0 Å². The Morgan fingerprint density at radius 2 is 2.10 bits per heavy atom. The summed E-state index contributed by atoms with van der Waals surface area (Å²) in [4.78, 5) is 35.6. The van der Waals surface area contributed by atoms with E-state index < -0.39 is 29.6 Å². The van der Waals surface area contributed by atoms with Crippen molar-refractivity contribution in [3.05, 3.63) is 40.6 Å². The predicted octanol–water partition coefficient (Wildman–Crippen LogP) is 0.399. The zero-order valence-electron chi connectivity index (χ0n) is 10.1. The van der Waals surface area contributed by atoms with Gasteiger partial charge in [-0.3, -0.25) is 14.4 Å². The molecule has 1 aromatic rings. The third-order valence-electron chi connectivity index (χ3n) is 3.29. The summed E-state index contributed by atoms with van der Waals surface area (Å²) >= 11 is 5.84. The molecule has 2 heterocycles. The SMILES string of the molecule is NC(=O)C1=CNC(=O)C2C(=O)c3cc(Cl)ccc3OC12. The molecule has 7 heteroatoms. The summed E-state index contributed by atoms with van der Waals surface area (Å²) in [7, 11) is 0. The first-order valence-corrected chi connectivity index (χ1v) is 6.17. The molecule has 2 amide bonds. The highest BCUT2D eigenvalue weighted by atomic mass is 35.5. The molecule has 20 heavy (non-hydrogen) atoms. The summed E-state index contributed by atoms with van der Waals surface area (Å²) in [5, 5.41) is 2.71. The van der Waals surface area contributed by atoms with Crippen LogP contribution in [-0.2, 0) is 9.59 Å². The van der Waals surface area contributed by atoms with Gasteiger partial charge in [0.2, 0.25) is 11.8 Å². The predicted molar refractivity (Wildman–Crippen MR) is 69.1 cm³/mol. The maximum Gasteiger partial charge on any atom is 0.249 e. The number of halogens is 1. The van der Waals surface area contributed by atoms with Crippen molar-refractivity contribution in [1.29, 1.82) is 0 Å². The molecular formula is C13H9ClN2O4. The topological polar surface area (TPSA) is 98.5 Å². The van der Waals surface area contributed by atoms with Gasteiger partial charge in [0.05, 0.1) is 11.1 Å². The lowest BCUT2D eigenvalue weighted by Gasteiger charge is -2.34. The van der Waals surface area contributed by atoms with Gasteiger partial charge in [0.25, 0.3) is 0 Å². The van der Waals surface area contributed by atoms with E-state index in [1.54, 1.807) is 6.07 Å². The molecule has 0 aliphatic carbocycles. The smallest absolute Gasteiger partial charge is 0.249 e. The van der Waals surface area contributed by atoms with E-state index in [1.165, 1.54) is 18.3 Å². The van der Waals surface area contributed by atoms with E-state index in [1.807, 2.05) is 0 Å². The molecule has 6 nitrogen and oxygen atoms in total. The maximum absolute atomic E-state index is 12.4. The average Bonchev–Trinajstić information content (AvgIpc) is 2.39. The minimum absolute atomic E-state index is 0.0588. The third-order valence-corrected chi connectivity index (χ3v) is 3.52. The summed E-state index contributed by atoms with van der Waals surface area (Å²) in [5.74, 6) is -2.57. The first-order chi connectivity index (χ1) is 9.49. The first kappa shape index (κ1) is 12.7. The zero-order valence-corrected chi connectivity index (χ0v) is 10.8. The van der Waals surface area contributed by atoms with Gasteiger partial charge in [-0.15, -0.1) is 0 Å². The van der Waals surface area contributed by atoms with E-state index in [0.717, 1.165) is 0 Å². The quantitative estimate of drug-likeness (QED) is 0.732. The summed E-state index contributed by atoms with van der Waals surface area (Å²) in [6.07, 6.45) is 0.183. The number of ether oxygens (including phenoxy) is 1. The lowest BCUT2D eigenvalue weighted by Crippen LogP contribution is -2.52. The van der Waals surface area contributed by atoms with Crippen molar-refractivity contribution in [2.45, 2.75) is 6.10 Å². The lowest BCUT2D eigenvalue weighted by molar-refractivity contribution is -0.126. The number of nitrogens with one attached hydrogen (secondary N) is 1. The number of carbonyl (C=O) groups excluding carboxylic acids is 3. The molecule has 3 N–H and O–H groups in total. The van der Waals surface area contributed by atoms with Crippen molar-refractivity contribution in [3.8, 4) is 5.75 Å². The Bertz CT molecular complexity index is 683. The standard InChI is InChI=1S/C13H9ClN2O4/c14-5-1-2-8-6(3-5)10(17)9-11(20-8)7(12(15)18)4-16-13(9)19/h1-4,9,11H,(H2,15,18)(H,16,19). The van der Waals surface area contributed by atoms with E-state index >= 15 is 0 Å². The monoisotopic (exact) mass is 292 g/mol. The van der Waals surface area contributed by atoms with Crippen LogP contribution in [0.3, 0.4) is 0 Å². The summed E-state index contributed by atoms with van der Waals surface area (Å²) in [6, 6.07) is 4.52. The number of Topliss-reactive ketones (excluding diaryl/α,β-unsaturated/α-hetero) is 1.